The van der Waals surface area contributed by atoms with Crippen LogP contribution in [-0.4, -0.2) is 22.2 Å². The highest BCUT2D eigenvalue weighted by molar-refractivity contribution is 5.85. The fourth-order valence-corrected chi connectivity index (χ4v) is 2.58. The van der Waals surface area contributed by atoms with E-state index in [0.29, 0.717) is 6.42 Å². The van der Waals surface area contributed by atoms with E-state index in [9.17, 15) is 9.59 Å². The molecule has 0 spiro atoms. The number of halogens is 2. The zero-order valence-electron chi connectivity index (χ0n) is 14.3. The van der Waals surface area contributed by atoms with Crippen LogP contribution in [0.3, 0.4) is 0 Å². The maximum Gasteiger partial charge on any atom is 0.306 e. The predicted octanol–water partition coefficient (Wildman–Crippen LogP) is 5.71. The van der Waals surface area contributed by atoms with Gasteiger partial charge in [0, 0.05) is 6.42 Å². The SMILES string of the molecule is CCC(CCCCCCCCCCCCC(=O)O)C(=O)O.Cl.Cl. The van der Waals surface area contributed by atoms with Crippen LogP contribution in [0.25, 0.3) is 0 Å². The van der Waals surface area contributed by atoms with Crippen LogP contribution in [0.15, 0.2) is 0 Å². The number of rotatable bonds is 15. The van der Waals surface area contributed by atoms with Gasteiger partial charge in [-0.3, -0.25) is 9.59 Å². The highest BCUT2D eigenvalue weighted by atomic mass is 35.5. The average Bonchev–Trinajstić information content (AvgIpc) is 2.43. The summed E-state index contributed by atoms with van der Waals surface area (Å²) < 4.78 is 0. The zero-order valence-corrected chi connectivity index (χ0v) is 15.9. The van der Waals surface area contributed by atoms with Gasteiger partial charge in [-0.05, 0) is 19.3 Å². The molecule has 1 unspecified atom stereocenters. The molecule has 140 valence electrons. The second-order valence-corrected chi connectivity index (χ2v) is 5.91. The van der Waals surface area contributed by atoms with Crippen LogP contribution >= 0.6 is 24.8 Å². The lowest BCUT2D eigenvalue weighted by molar-refractivity contribution is -0.142. The van der Waals surface area contributed by atoms with E-state index in [2.05, 4.69) is 0 Å². The van der Waals surface area contributed by atoms with Gasteiger partial charge in [-0.15, -0.1) is 24.8 Å². The average molecular weight is 373 g/mol. The van der Waals surface area contributed by atoms with E-state index in [4.69, 9.17) is 10.2 Å². The fraction of sp³-hybridized carbons (Fsp3) is 0.882. The summed E-state index contributed by atoms with van der Waals surface area (Å²) in [7, 11) is 0. The smallest absolute Gasteiger partial charge is 0.306 e. The first-order valence-electron chi connectivity index (χ1n) is 8.52. The van der Waals surface area contributed by atoms with E-state index in [-0.39, 0.29) is 30.7 Å². The van der Waals surface area contributed by atoms with Crippen molar-refractivity contribution in [1.82, 2.24) is 0 Å². The normalized spacial score (nSPS) is 11.2. The highest BCUT2D eigenvalue weighted by Gasteiger charge is 2.13. The maximum absolute atomic E-state index is 10.8. The van der Waals surface area contributed by atoms with Gasteiger partial charge in [0.05, 0.1) is 5.92 Å². The standard InChI is InChI=1S/C17H32O4.2ClH/c1-2-15(17(20)21)13-11-9-7-5-3-4-6-8-10-12-14-16(18)19;;/h15H,2-14H2,1H3,(H,18,19)(H,20,21);2*1H. The molecular formula is C17H34Cl2O4. The lowest BCUT2D eigenvalue weighted by atomic mass is 9.98. The van der Waals surface area contributed by atoms with E-state index < -0.39 is 11.9 Å². The summed E-state index contributed by atoms with van der Waals surface area (Å²) in [5, 5.41) is 17.4. The molecule has 0 bridgehead atoms. The largest absolute Gasteiger partial charge is 0.481 e. The first kappa shape index (κ1) is 27.4. The molecule has 0 amide bonds. The van der Waals surface area contributed by atoms with Crippen LogP contribution in [0, 0.1) is 5.92 Å². The van der Waals surface area contributed by atoms with Crippen molar-refractivity contribution < 1.29 is 19.8 Å². The van der Waals surface area contributed by atoms with Crippen molar-refractivity contribution in [3.05, 3.63) is 0 Å². The van der Waals surface area contributed by atoms with Gasteiger partial charge >= 0.3 is 11.9 Å². The molecule has 1 atom stereocenters. The number of carboxylic acids is 2. The van der Waals surface area contributed by atoms with Gasteiger partial charge in [0.15, 0.2) is 0 Å². The Hall–Kier alpha value is -0.480. The van der Waals surface area contributed by atoms with Crippen LogP contribution in [0.4, 0.5) is 0 Å². The summed E-state index contributed by atoms with van der Waals surface area (Å²) in [5.41, 5.74) is 0. The van der Waals surface area contributed by atoms with Crippen molar-refractivity contribution in [3.8, 4) is 0 Å². The van der Waals surface area contributed by atoms with Crippen molar-refractivity contribution in [2.24, 2.45) is 5.92 Å². The molecule has 2 N–H and O–H groups in total. The van der Waals surface area contributed by atoms with Crippen molar-refractivity contribution >= 4 is 36.8 Å². The molecule has 0 aliphatic carbocycles. The molecule has 0 aliphatic heterocycles. The Labute approximate surface area is 153 Å². The van der Waals surface area contributed by atoms with Crippen LogP contribution in [0.2, 0.25) is 0 Å². The molecule has 0 aromatic carbocycles. The molecule has 0 aliphatic rings. The molecule has 0 radical (unpaired) electrons. The lowest BCUT2D eigenvalue weighted by Gasteiger charge is -2.08. The topological polar surface area (TPSA) is 74.6 Å². The number of unbranched alkanes of at least 4 members (excludes halogenated alkanes) is 9. The quantitative estimate of drug-likeness (QED) is 0.361. The Kier molecular flexibility index (Phi) is 23.3. The first-order chi connectivity index (χ1) is 10.1. The van der Waals surface area contributed by atoms with E-state index in [1.807, 2.05) is 6.92 Å². The zero-order chi connectivity index (χ0) is 15.9. The third kappa shape index (κ3) is 19.5. The molecular weight excluding hydrogens is 339 g/mol. The summed E-state index contributed by atoms with van der Waals surface area (Å²) in [5.74, 6) is -1.50. The van der Waals surface area contributed by atoms with Gasteiger partial charge in [-0.25, -0.2) is 0 Å². The van der Waals surface area contributed by atoms with Crippen LogP contribution < -0.4 is 0 Å². The monoisotopic (exact) mass is 372 g/mol. The predicted molar refractivity (Wildman–Crippen MR) is 99.0 cm³/mol. The number of hydrogen-bond donors (Lipinski definition) is 2. The molecule has 0 saturated heterocycles. The summed E-state index contributed by atoms with van der Waals surface area (Å²) >= 11 is 0. The van der Waals surface area contributed by atoms with Crippen molar-refractivity contribution in [2.45, 2.75) is 90.4 Å². The molecule has 0 saturated carbocycles. The van der Waals surface area contributed by atoms with E-state index >= 15 is 0 Å². The minimum atomic E-state index is -0.691. The van der Waals surface area contributed by atoms with Gasteiger partial charge in [-0.1, -0.05) is 64.7 Å². The molecule has 4 nitrogen and oxygen atoms in total. The number of aliphatic carboxylic acids is 2. The lowest BCUT2D eigenvalue weighted by Crippen LogP contribution is -2.12. The Morgan fingerprint density at radius 3 is 1.48 bits per heavy atom. The van der Waals surface area contributed by atoms with E-state index in [1.165, 1.54) is 32.1 Å². The van der Waals surface area contributed by atoms with Gasteiger partial charge < -0.3 is 10.2 Å². The Bertz CT molecular complexity index is 286. The van der Waals surface area contributed by atoms with Gasteiger partial charge in [-0.2, -0.15) is 0 Å². The third-order valence-electron chi connectivity index (χ3n) is 4.04. The molecule has 0 rings (SSSR count). The number of carbonyl (C=O) groups is 2. The molecule has 0 aromatic heterocycles. The molecule has 0 fully saturated rings. The molecule has 23 heavy (non-hydrogen) atoms. The Morgan fingerprint density at radius 2 is 1.13 bits per heavy atom. The highest BCUT2D eigenvalue weighted by Crippen LogP contribution is 2.16. The van der Waals surface area contributed by atoms with Crippen molar-refractivity contribution in [1.29, 1.82) is 0 Å². The van der Waals surface area contributed by atoms with Crippen molar-refractivity contribution in [3.63, 3.8) is 0 Å². The molecule has 6 heteroatoms. The first-order valence-corrected chi connectivity index (χ1v) is 8.52. The Balaban J connectivity index is -0.00000200. The summed E-state index contributed by atoms with van der Waals surface area (Å²) in [4.78, 5) is 21.2. The second kappa shape index (κ2) is 19.6. The van der Waals surface area contributed by atoms with Crippen LogP contribution in [0.5, 0.6) is 0 Å². The second-order valence-electron chi connectivity index (χ2n) is 5.91. The summed E-state index contributed by atoms with van der Waals surface area (Å²) in [6.45, 7) is 1.94. The summed E-state index contributed by atoms with van der Waals surface area (Å²) in [6, 6.07) is 0. The minimum absolute atomic E-state index is 0. The molecule has 0 aromatic rings. The maximum atomic E-state index is 10.8. The van der Waals surface area contributed by atoms with Crippen molar-refractivity contribution in [2.75, 3.05) is 0 Å². The van der Waals surface area contributed by atoms with E-state index in [1.54, 1.807) is 0 Å². The number of carboxylic acid groups (broad SMARTS) is 2. The Morgan fingerprint density at radius 1 is 0.739 bits per heavy atom. The van der Waals surface area contributed by atoms with Gasteiger partial charge in [0.2, 0.25) is 0 Å². The van der Waals surface area contributed by atoms with Crippen LogP contribution in [0.1, 0.15) is 90.4 Å². The summed E-state index contributed by atoms with van der Waals surface area (Å²) in [6.07, 6.45) is 13.1. The third-order valence-corrected chi connectivity index (χ3v) is 4.04. The van der Waals surface area contributed by atoms with Gasteiger partial charge in [0.25, 0.3) is 0 Å². The van der Waals surface area contributed by atoms with Gasteiger partial charge in [0.1, 0.15) is 0 Å². The van der Waals surface area contributed by atoms with Crippen LogP contribution in [-0.2, 0) is 9.59 Å². The van der Waals surface area contributed by atoms with E-state index in [0.717, 1.165) is 44.9 Å². The number of hydrogen-bond acceptors (Lipinski definition) is 2. The molecule has 0 heterocycles. The fourth-order valence-electron chi connectivity index (χ4n) is 2.58. The minimum Gasteiger partial charge on any atom is -0.481 e.